The van der Waals surface area contributed by atoms with E-state index in [1.54, 1.807) is 31.2 Å². The predicted molar refractivity (Wildman–Crippen MR) is 147 cm³/mol. The molecule has 4 rings (SSSR count). The van der Waals surface area contributed by atoms with Crippen LogP contribution in [0, 0.1) is 12.1 Å². The van der Waals surface area contributed by atoms with Crippen molar-refractivity contribution in [3.63, 3.8) is 0 Å². The van der Waals surface area contributed by atoms with Crippen molar-refractivity contribution in [3.8, 4) is 16.9 Å². The number of aryl methyl sites for hydroxylation is 1. The lowest BCUT2D eigenvalue weighted by molar-refractivity contribution is -0.713. The third kappa shape index (κ3) is 7.45. The number of ether oxygens (including phenoxy) is 1. The lowest BCUT2D eigenvalue weighted by atomic mass is 10.1. The van der Waals surface area contributed by atoms with Crippen LogP contribution in [-0.2, 0) is 35.4 Å². The predicted octanol–water partition coefficient (Wildman–Crippen LogP) is 4.24. The fraction of sp³-hybridized carbons (Fsp3) is 0.370. The van der Waals surface area contributed by atoms with E-state index >= 15 is 0 Å². The Morgan fingerprint density at radius 3 is 2.45 bits per heavy atom. The van der Waals surface area contributed by atoms with Gasteiger partial charge in [0.25, 0.3) is 22.2 Å². The molecule has 1 aromatic heterocycles. The molecule has 1 saturated heterocycles. The molecule has 0 saturated carbocycles. The summed E-state index contributed by atoms with van der Waals surface area (Å²) < 4.78 is 74.4. The second-order valence-corrected chi connectivity index (χ2v) is 11.5. The van der Waals surface area contributed by atoms with Gasteiger partial charge >= 0.3 is 12.1 Å². The zero-order valence-corrected chi connectivity index (χ0v) is 24.6. The van der Waals surface area contributed by atoms with Gasteiger partial charge in [-0.3, -0.25) is 14.4 Å². The quantitative estimate of drug-likeness (QED) is 0.113. The van der Waals surface area contributed by atoms with Gasteiger partial charge < -0.3 is 9.94 Å². The molecule has 1 aliphatic heterocycles. The number of carbonyl (C=O) groups is 2. The number of hydrogen-bond donors (Lipinski definition) is 1. The van der Waals surface area contributed by atoms with Crippen LogP contribution in [0.1, 0.15) is 44.4 Å². The molecule has 1 aliphatic rings. The van der Waals surface area contributed by atoms with E-state index in [9.17, 15) is 36.4 Å². The van der Waals surface area contributed by atoms with E-state index in [4.69, 9.17) is 9.57 Å². The number of hydrazine groups is 1. The number of aromatic nitrogens is 2. The van der Waals surface area contributed by atoms with Gasteiger partial charge in [0.2, 0.25) is 5.28 Å². The van der Waals surface area contributed by atoms with Crippen LogP contribution >= 0.6 is 0 Å². The first kappa shape index (κ1) is 32.2. The summed E-state index contributed by atoms with van der Waals surface area (Å²) >= 11 is 0. The number of nitrogens with one attached hydrogen (secondary N) is 1. The Labute approximate surface area is 250 Å². The van der Waals surface area contributed by atoms with Gasteiger partial charge in [0, 0.05) is 18.9 Å². The standard InChI is InChI=1S/C27H29F3N6O7S/c1-4-25(37)42-18(3)43-33-36(39)34-15-5-6-22(34)26(38)32-44(40,41)21-13-11-20(12-14-21)35-23(16-24(31-35)27(28,29)30)19-9-7-17(2)8-10-19/h7-14,16,18,22H,4-6,15H2,1-3H3,(H,32,38)/b36-33-/t18?,22-/m0/s1. The van der Waals surface area contributed by atoms with Gasteiger partial charge in [0.1, 0.15) is 0 Å². The summed E-state index contributed by atoms with van der Waals surface area (Å²) in [6.45, 7) is 4.80. The van der Waals surface area contributed by atoms with E-state index in [2.05, 4.69) is 10.4 Å². The number of nitrogens with zero attached hydrogens (tertiary/aromatic N) is 5. The normalized spacial score (nSPS) is 16.5. The fourth-order valence-corrected chi connectivity index (χ4v) is 5.35. The van der Waals surface area contributed by atoms with Crippen molar-refractivity contribution in [2.45, 2.75) is 63.4 Å². The summed E-state index contributed by atoms with van der Waals surface area (Å²) in [5, 5.41) is 20.4. The molecular formula is C27H29F3N6O7S. The average molecular weight is 639 g/mol. The van der Waals surface area contributed by atoms with Crippen LogP contribution in [0.15, 0.2) is 64.8 Å². The monoisotopic (exact) mass is 638 g/mol. The highest BCUT2D eigenvalue weighted by Crippen LogP contribution is 2.33. The van der Waals surface area contributed by atoms with E-state index in [1.165, 1.54) is 19.1 Å². The number of esters is 1. The second-order valence-electron chi connectivity index (χ2n) is 9.83. The highest BCUT2D eigenvalue weighted by atomic mass is 32.2. The minimum Gasteiger partial charge on any atom is -0.569 e. The van der Waals surface area contributed by atoms with Crippen LogP contribution in [0.2, 0.25) is 0 Å². The number of sulfonamides is 1. The molecule has 1 unspecified atom stereocenters. The molecule has 1 amide bonds. The molecule has 2 atom stereocenters. The van der Waals surface area contributed by atoms with Crippen LogP contribution in [0.3, 0.4) is 0 Å². The minimum absolute atomic E-state index is 0.0140. The maximum Gasteiger partial charge on any atom is 0.435 e. The molecule has 44 heavy (non-hydrogen) atoms. The molecule has 1 N–H and O–H groups in total. The van der Waals surface area contributed by atoms with E-state index in [0.717, 1.165) is 33.5 Å². The largest absolute Gasteiger partial charge is 0.569 e. The number of halogens is 3. The number of benzene rings is 2. The Balaban J connectivity index is 1.51. The lowest BCUT2D eigenvalue weighted by Crippen LogP contribution is -2.47. The number of hydrogen-bond acceptors (Lipinski definition) is 9. The minimum atomic E-state index is -4.72. The Morgan fingerprint density at radius 1 is 1.18 bits per heavy atom. The number of rotatable bonds is 10. The molecule has 2 aromatic carbocycles. The Hall–Kier alpha value is -4.67. The highest BCUT2D eigenvalue weighted by Gasteiger charge is 2.39. The molecule has 0 spiro atoms. The molecule has 236 valence electrons. The molecule has 17 heteroatoms. The van der Waals surface area contributed by atoms with E-state index < -0.39 is 46.1 Å². The zero-order valence-electron chi connectivity index (χ0n) is 23.8. The molecule has 2 heterocycles. The maximum atomic E-state index is 13.5. The van der Waals surface area contributed by atoms with Gasteiger partial charge in [-0.2, -0.15) is 18.3 Å². The van der Waals surface area contributed by atoms with Crippen molar-refractivity contribution in [2.75, 3.05) is 6.54 Å². The lowest BCUT2D eigenvalue weighted by Gasteiger charge is -2.20. The summed E-state index contributed by atoms with van der Waals surface area (Å²) in [7, 11) is -4.45. The summed E-state index contributed by atoms with van der Waals surface area (Å²) in [6.07, 6.45) is -5.30. The van der Waals surface area contributed by atoms with Crippen LogP contribution in [-0.4, -0.2) is 58.9 Å². The number of alkyl halides is 3. The summed E-state index contributed by atoms with van der Waals surface area (Å²) in [6, 6.07) is 11.2. The molecule has 0 radical (unpaired) electrons. The summed E-state index contributed by atoms with van der Waals surface area (Å²) in [5.41, 5.74) is 0.523. The first-order valence-corrected chi connectivity index (χ1v) is 14.9. The van der Waals surface area contributed by atoms with E-state index in [-0.39, 0.29) is 40.6 Å². The molecule has 1 fully saturated rings. The van der Waals surface area contributed by atoms with Gasteiger partial charge in [-0.25, -0.2) is 17.8 Å². The smallest absolute Gasteiger partial charge is 0.435 e. The first-order chi connectivity index (χ1) is 20.7. The third-order valence-electron chi connectivity index (χ3n) is 6.57. The molecule has 13 nitrogen and oxygen atoms in total. The number of amides is 1. The van der Waals surface area contributed by atoms with Crippen LogP contribution in [0.25, 0.3) is 16.9 Å². The van der Waals surface area contributed by atoms with Crippen LogP contribution < -0.4 is 4.72 Å². The van der Waals surface area contributed by atoms with Crippen molar-refractivity contribution < 1.29 is 45.7 Å². The van der Waals surface area contributed by atoms with Gasteiger partial charge in [-0.05, 0) is 50.1 Å². The maximum absolute atomic E-state index is 13.5. The van der Waals surface area contributed by atoms with Gasteiger partial charge in [0.05, 0.1) is 27.8 Å². The van der Waals surface area contributed by atoms with Crippen molar-refractivity contribution in [1.29, 1.82) is 0 Å². The molecule has 3 aromatic rings. The summed E-state index contributed by atoms with van der Waals surface area (Å²) in [4.78, 5) is 28.7. The Bertz CT molecular complexity index is 1640. The topological polar surface area (TPSA) is 158 Å². The second kappa shape index (κ2) is 12.9. The number of carbonyl (C=O) groups excluding carboxylic acids is 2. The molecular weight excluding hydrogens is 609 g/mol. The van der Waals surface area contributed by atoms with Crippen molar-refractivity contribution in [1.82, 2.24) is 19.5 Å². The molecule has 0 aliphatic carbocycles. The van der Waals surface area contributed by atoms with Crippen molar-refractivity contribution >= 4 is 21.9 Å². The average Bonchev–Trinajstić information content (AvgIpc) is 3.65. The van der Waals surface area contributed by atoms with Gasteiger partial charge in [-0.1, -0.05) is 36.8 Å². The Morgan fingerprint density at radius 2 is 1.84 bits per heavy atom. The fourth-order valence-electron chi connectivity index (χ4n) is 4.34. The summed E-state index contributed by atoms with van der Waals surface area (Å²) in [5.74, 6) is -1.58. The van der Waals surface area contributed by atoms with Crippen LogP contribution in [0.5, 0.6) is 0 Å². The van der Waals surface area contributed by atoms with Crippen molar-refractivity contribution in [3.05, 3.63) is 71.1 Å². The van der Waals surface area contributed by atoms with Gasteiger partial charge in [0.15, 0.2) is 11.7 Å². The zero-order chi connectivity index (χ0) is 32.2. The van der Waals surface area contributed by atoms with Crippen LogP contribution in [0.4, 0.5) is 13.2 Å². The van der Waals surface area contributed by atoms with Gasteiger partial charge in [-0.15, -0.1) is 5.01 Å². The molecule has 0 bridgehead atoms. The van der Waals surface area contributed by atoms with E-state index in [1.807, 2.05) is 11.6 Å². The Kier molecular flexibility index (Phi) is 9.46. The highest BCUT2D eigenvalue weighted by molar-refractivity contribution is 7.90. The SMILES string of the molecule is CCC(=O)OC(C)O/N=[N+](\[O-])N1CCC[C@H]1C(=O)NS(=O)(=O)c1ccc(-n2nc(C(F)(F)F)cc2-c2ccc(C)cc2)cc1. The third-order valence-corrected chi connectivity index (χ3v) is 7.93. The van der Waals surface area contributed by atoms with Crippen molar-refractivity contribution in [2.24, 2.45) is 5.28 Å². The first-order valence-electron chi connectivity index (χ1n) is 13.4. The van der Waals surface area contributed by atoms with E-state index in [0.29, 0.717) is 12.0 Å².